The zero-order chi connectivity index (χ0) is 22.9. The molecule has 1 aliphatic carbocycles. The number of fused-ring (bicyclic) bond motifs is 1. The normalized spacial score (nSPS) is 15.0. The predicted octanol–water partition coefficient (Wildman–Crippen LogP) is 3.74. The molecule has 0 spiro atoms. The summed E-state index contributed by atoms with van der Waals surface area (Å²) < 4.78 is 3.73. The van der Waals surface area contributed by atoms with Crippen molar-refractivity contribution in [2.24, 2.45) is 7.05 Å². The van der Waals surface area contributed by atoms with E-state index in [1.54, 1.807) is 17.1 Å². The van der Waals surface area contributed by atoms with Crippen LogP contribution in [-0.4, -0.2) is 52.3 Å². The fourth-order valence-corrected chi connectivity index (χ4v) is 4.50. The molecule has 1 fully saturated rings. The van der Waals surface area contributed by atoms with Crippen molar-refractivity contribution >= 4 is 11.2 Å². The minimum absolute atomic E-state index is 0.109. The van der Waals surface area contributed by atoms with E-state index in [0.717, 1.165) is 46.6 Å². The van der Waals surface area contributed by atoms with E-state index in [-0.39, 0.29) is 6.04 Å². The van der Waals surface area contributed by atoms with Crippen molar-refractivity contribution < 1.29 is 0 Å². The van der Waals surface area contributed by atoms with Gasteiger partial charge < -0.3 is 10.3 Å². The number of aromatic nitrogens is 8. The van der Waals surface area contributed by atoms with Crippen molar-refractivity contribution in [1.82, 2.24) is 45.0 Å². The monoisotopic (exact) mass is 453 g/mol. The van der Waals surface area contributed by atoms with Crippen molar-refractivity contribution in [3.8, 4) is 22.5 Å². The highest BCUT2D eigenvalue weighted by molar-refractivity contribution is 5.90. The molecule has 1 unspecified atom stereocenters. The Morgan fingerprint density at radius 1 is 1.12 bits per heavy atom. The molecule has 0 amide bonds. The summed E-state index contributed by atoms with van der Waals surface area (Å²) in [6, 6.07) is 11.3. The van der Waals surface area contributed by atoms with Crippen molar-refractivity contribution in [3.05, 3.63) is 66.9 Å². The Labute approximate surface area is 197 Å². The fraction of sp³-hybridized carbons (Fsp3) is 0.320. The first-order valence-corrected chi connectivity index (χ1v) is 11.8. The largest absolute Gasteiger partial charge is 0.344 e. The van der Waals surface area contributed by atoms with Gasteiger partial charge in [0.2, 0.25) is 0 Å². The standard InChI is InChI=1S/C25H27N9/c1-33-15-18(12-29-33)21-14-28-25-24(30-21)20(13-27-25)22-16-34(32-31-22)23(17-6-3-2-4-7-17)10-11-26-19-8-5-9-19/h2-4,6-7,12-16,19,23,26H,5,8-11H2,1H3,(H,27,28). The van der Waals surface area contributed by atoms with Gasteiger partial charge in [-0.25, -0.2) is 14.6 Å². The first-order valence-electron chi connectivity index (χ1n) is 11.8. The highest BCUT2D eigenvalue weighted by Crippen LogP contribution is 2.29. The van der Waals surface area contributed by atoms with Crippen molar-refractivity contribution in [2.75, 3.05) is 6.54 Å². The zero-order valence-corrected chi connectivity index (χ0v) is 19.1. The summed E-state index contributed by atoms with van der Waals surface area (Å²) in [5.74, 6) is 0. The van der Waals surface area contributed by atoms with Gasteiger partial charge >= 0.3 is 0 Å². The maximum Gasteiger partial charge on any atom is 0.156 e. The lowest BCUT2D eigenvalue weighted by Gasteiger charge is -2.27. The lowest BCUT2D eigenvalue weighted by Crippen LogP contribution is -2.36. The predicted molar refractivity (Wildman–Crippen MR) is 130 cm³/mol. The van der Waals surface area contributed by atoms with Crippen LogP contribution < -0.4 is 5.32 Å². The molecule has 0 radical (unpaired) electrons. The molecule has 34 heavy (non-hydrogen) atoms. The van der Waals surface area contributed by atoms with Gasteiger partial charge in [-0.3, -0.25) is 4.68 Å². The molecule has 9 heteroatoms. The van der Waals surface area contributed by atoms with Crippen LogP contribution in [0.5, 0.6) is 0 Å². The molecule has 4 aromatic heterocycles. The maximum atomic E-state index is 4.86. The Balaban J connectivity index is 1.31. The second-order valence-electron chi connectivity index (χ2n) is 8.94. The zero-order valence-electron chi connectivity index (χ0n) is 19.1. The molecular formula is C25H27N9. The Morgan fingerprint density at radius 2 is 2.00 bits per heavy atom. The molecule has 0 saturated heterocycles. The summed E-state index contributed by atoms with van der Waals surface area (Å²) in [5, 5.41) is 17.0. The molecule has 1 aromatic carbocycles. The molecule has 0 bridgehead atoms. The van der Waals surface area contributed by atoms with E-state index in [1.165, 1.54) is 24.8 Å². The Morgan fingerprint density at radius 3 is 2.76 bits per heavy atom. The SMILES string of the molecule is Cn1cc(-c2cnc3[nH]cc(-c4cn(C(CCNC5CCC5)c5ccccc5)nn4)c3n2)cn1. The highest BCUT2D eigenvalue weighted by Gasteiger charge is 2.21. The first kappa shape index (κ1) is 20.7. The third-order valence-corrected chi connectivity index (χ3v) is 6.63. The van der Waals surface area contributed by atoms with E-state index in [4.69, 9.17) is 4.98 Å². The van der Waals surface area contributed by atoms with Gasteiger partial charge in [0, 0.05) is 36.6 Å². The van der Waals surface area contributed by atoms with Crippen LogP contribution in [0, 0.1) is 0 Å². The van der Waals surface area contributed by atoms with E-state index in [0.29, 0.717) is 6.04 Å². The second-order valence-corrected chi connectivity index (χ2v) is 8.94. The van der Waals surface area contributed by atoms with Gasteiger partial charge in [0.1, 0.15) is 11.2 Å². The van der Waals surface area contributed by atoms with Crippen LogP contribution in [-0.2, 0) is 7.05 Å². The number of rotatable bonds is 8. The Kier molecular flexibility index (Phi) is 5.38. The molecule has 9 nitrogen and oxygen atoms in total. The number of hydrogen-bond acceptors (Lipinski definition) is 6. The van der Waals surface area contributed by atoms with Gasteiger partial charge in [-0.15, -0.1) is 5.10 Å². The summed E-state index contributed by atoms with van der Waals surface area (Å²) in [6.45, 7) is 0.951. The van der Waals surface area contributed by atoms with Crippen molar-refractivity contribution in [2.45, 2.75) is 37.8 Å². The number of nitrogens with zero attached hydrogens (tertiary/aromatic N) is 7. The number of hydrogen-bond donors (Lipinski definition) is 2. The molecule has 4 heterocycles. The highest BCUT2D eigenvalue weighted by atomic mass is 15.4. The second kappa shape index (κ2) is 8.83. The third kappa shape index (κ3) is 3.99. The van der Waals surface area contributed by atoms with Crippen LogP contribution >= 0.6 is 0 Å². The van der Waals surface area contributed by atoms with Crippen molar-refractivity contribution in [3.63, 3.8) is 0 Å². The molecule has 172 valence electrons. The average Bonchev–Trinajstić information content (AvgIpc) is 3.57. The summed E-state index contributed by atoms with van der Waals surface area (Å²) >= 11 is 0. The van der Waals surface area contributed by atoms with Crippen LogP contribution in [0.2, 0.25) is 0 Å². The molecule has 1 saturated carbocycles. The number of nitrogens with one attached hydrogen (secondary N) is 2. The lowest BCUT2D eigenvalue weighted by atomic mass is 9.93. The number of aromatic amines is 1. The van der Waals surface area contributed by atoms with Crippen LogP contribution in [0.4, 0.5) is 0 Å². The molecule has 2 N–H and O–H groups in total. The van der Waals surface area contributed by atoms with Crippen LogP contribution in [0.3, 0.4) is 0 Å². The van der Waals surface area contributed by atoms with Gasteiger partial charge in [0.15, 0.2) is 5.65 Å². The topological polar surface area (TPSA) is 102 Å². The van der Waals surface area contributed by atoms with Gasteiger partial charge in [0.05, 0.1) is 30.3 Å². The summed E-state index contributed by atoms with van der Waals surface area (Å²) in [5.41, 5.74) is 6.09. The van der Waals surface area contributed by atoms with Crippen LogP contribution in [0.25, 0.3) is 33.7 Å². The number of H-pyrrole nitrogens is 1. The molecule has 0 aliphatic heterocycles. The summed E-state index contributed by atoms with van der Waals surface area (Å²) in [7, 11) is 1.89. The van der Waals surface area contributed by atoms with Gasteiger partial charge in [-0.1, -0.05) is 42.0 Å². The quantitative estimate of drug-likeness (QED) is 0.371. The molecule has 1 atom stereocenters. The average molecular weight is 454 g/mol. The molecule has 5 aromatic rings. The number of benzene rings is 1. The fourth-order valence-electron chi connectivity index (χ4n) is 4.50. The molecule has 1 aliphatic rings. The van der Waals surface area contributed by atoms with Gasteiger partial charge in [0.25, 0.3) is 0 Å². The van der Waals surface area contributed by atoms with E-state index < -0.39 is 0 Å². The lowest BCUT2D eigenvalue weighted by molar-refractivity contribution is 0.328. The van der Waals surface area contributed by atoms with E-state index in [2.05, 4.69) is 55.0 Å². The minimum atomic E-state index is 0.109. The van der Waals surface area contributed by atoms with E-state index in [1.807, 2.05) is 36.4 Å². The molecular weight excluding hydrogens is 426 g/mol. The maximum absolute atomic E-state index is 4.86. The Hall–Kier alpha value is -3.85. The first-order chi connectivity index (χ1) is 16.7. The third-order valence-electron chi connectivity index (χ3n) is 6.63. The summed E-state index contributed by atoms with van der Waals surface area (Å²) in [6.07, 6.45) is 14.3. The van der Waals surface area contributed by atoms with E-state index in [9.17, 15) is 0 Å². The van der Waals surface area contributed by atoms with Gasteiger partial charge in [-0.2, -0.15) is 5.10 Å². The van der Waals surface area contributed by atoms with Crippen LogP contribution in [0.1, 0.15) is 37.3 Å². The molecule has 6 rings (SSSR count). The smallest absolute Gasteiger partial charge is 0.156 e. The van der Waals surface area contributed by atoms with E-state index >= 15 is 0 Å². The Bertz CT molecular complexity index is 1390. The minimum Gasteiger partial charge on any atom is -0.344 e. The van der Waals surface area contributed by atoms with Gasteiger partial charge in [-0.05, 0) is 31.4 Å². The number of aryl methyl sites for hydroxylation is 1. The van der Waals surface area contributed by atoms with Crippen LogP contribution in [0.15, 0.2) is 61.3 Å². The summed E-state index contributed by atoms with van der Waals surface area (Å²) in [4.78, 5) is 12.6. The van der Waals surface area contributed by atoms with Crippen molar-refractivity contribution in [1.29, 1.82) is 0 Å².